The summed E-state index contributed by atoms with van der Waals surface area (Å²) in [5.41, 5.74) is 6.89. The number of pyridine rings is 1. The third-order valence-electron chi connectivity index (χ3n) is 3.12. The van der Waals surface area contributed by atoms with Crippen LogP contribution < -0.4 is 11.1 Å². The van der Waals surface area contributed by atoms with Crippen molar-refractivity contribution in [1.29, 1.82) is 0 Å². The number of nitrogen functional groups attached to an aromatic ring is 1. The van der Waals surface area contributed by atoms with Crippen LogP contribution in [0.1, 0.15) is 38.8 Å². The number of halogens is 1. The standard InChI is InChI=1S/C14H24ClN3O/c1-5-6-17-12(13(19-4)9(2)3)11-7-10(15)8-18-14(11)16/h7-9,12-13,17H,5-6H2,1-4H3,(H2,16,18). The fraction of sp³-hybridized carbons (Fsp3) is 0.643. The lowest BCUT2D eigenvalue weighted by molar-refractivity contribution is 0.0328. The van der Waals surface area contributed by atoms with E-state index in [2.05, 4.69) is 31.1 Å². The van der Waals surface area contributed by atoms with Gasteiger partial charge in [-0.2, -0.15) is 0 Å². The molecule has 2 unspecified atom stereocenters. The van der Waals surface area contributed by atoms with Crippen molar-refractivity contribution in [3.05, 3.63) is 22.8 Å². The first-order chi connectivity index (χ1) is 9.01. The van der Waals surface area contributed by atoms with Crippen LogP contribution in [0.5, 0.6) is 0 Å². The van der Waals surface area contributed by atoms with Gasteiger partial charge in [-0.05, 0) is 24.9 Å². The van der Waals surface area contributed by atoms with Crippen LogP contribution in [0.25, 0.3) is 0 Å². The van der Waals surface area contributed by atoms with Crippen molar-refractivity contribution in [3.63, 3.8) is 0 Å². The number of nitrogens with two attached hydrogens (primary N) is 1. The van der Waals surface area contributed by atoms with E-state index < -0.39 is 0 Å². The molecule has 0 saturated heterocycles. The van der Waals surface area contributed by atoms with Crippen molar-refractivity contribution in [2.24, 2.45) is 5.92 Å². The monoisotopic (exact) mass is 285 g/mol. The molecule has 0 fully saturated rings. The minimum atomic E-state index is -0.00356. The van der Waals surface area contributed by atoms with Crippen molar-refractivity contribution in [3.8, 4) is 0 Å². The number of methoxy groups -OCH3 is 1. The Balaban J connectivity index is 3.10. The maximum Gasteiger partial charge on any atom is 0.128 e. The average Bonchev–Trinajstić information content (AvgIpc) is 2.37. The minimum Gasteiger partial charge on any atom is -0.383 e. The summed E-state index contributed by atoms with van der Waals surface area (Å²) in [6.07, 6.45) is 2.63. The molecule has 0 aliphatic heterocycles. The summed E-state index contributed by atoms with van der Waals surface area (Å²) in [5.74, 6) is 0.860. The molecular formula is C14H24ClN3O. The van der Waals surface area contributed by atoms with E-state index in [0.29, 0.717) is 16.8 Å². The summed E-state index contributed by atoms with van der Waals surface area (Å²) < 4.78 is 5.63. The Hall–Kier alpha value is -0.840. The van der Waals surface area contributed by atoms with Gasteiger partial charge >= 0.3 is 0 Å². The number of ether oxygens (including phenoxy) is 1. The Morgan fingerprint density at radius 3 is 2.68 bits per heavy atom. The Morgan fingerprint density at radius 1 is 1.47 bits per heavy atom. The highest BCUT2D eigenvalue weighted by atomic mass is 35.5. The molecule has 108 valence electrons. The van der Waals surface area contributed by atoms with Crippen molar-refractivity contribution in [1.82, 2.24) is 10.3 Å². The molecule has 0 bridgehead atoms. The van der Waals surface area contributed by atoms with Gasteiger partial charge in [0.15, 0.2) is 0 Å². The molecule has 0 aliphatic carbocycles. The third-order valence-corrected chi connectivity index (χ3v) is 3.33. The molecular weight excluding hydrogens is 262 g/mol. The predicted molar refractivity (Wildman–Crippen MR) is 80.3 cm³/mol. The van der Waals surface area contributed by atoms with Crippen LogP contribution in [0.2, 0.25) is 5.02 Å². The Morgan fingerprint density at radius 2 is 2.16 bits per heavy atom. The van der Waals surface area contributed by atoms with Crippen molar-refractivity contribution >= 4 is 17.4 Å². The first-order valence-corrected chi connectivity index (χ1v) is 7.06. The van der Waals surface area contributed by atoms with Gasteiger partial charge in [0.05, 0.1) is 17.2 Å². The molecule has 1 aromatic rings. The molecule has 5 heteroatoms. The molecule has 19 heavy (non-hydrogen) atoms. The normalized spacial score (nSPS) is 14.6. The third kappa shape index (κ3) is 4.34. The van der Waals surface area contributed by atoms with Crippen molar-refractivity contribution < 1.29 is 4.74 Å². The zero-order chi connectivity index (χ0) is 14.4. The Kier molecular flexibility index (Phi) is 6.55. The van der Waals surface area contributed by atoms with Gasteiger partial charge in [-0.15, -0.1) is 0 Å². The van der Waals surface area contributed by atoms with Gasteiger partial charge in [-0.1, -0.05) is 32.4 Å². The molecule has 1 rings (SSSR count). The smallest absolute Gasteiger partial charge is 0.128 e. The van der Waals surface area contributed by atoms with Gasteiger partial charge < -0.3 is 15.8 Å². The fourth-order valence-electron chi connectivity index (χ4n) is 2.21. The highest BCUT2D eigenvalue weighted by Gasteiger charge is 2.27. The van der Waals surface area contributed by atoms with E-state index >= 15 is 0 Å². The van der Waals surface area contributed by atoms with Gasteiger partial charge in [0.1, 0.15) is 5.82 Å². The SMILES string of the molecule is CCCNC(c1cc(Cl)cnc1N)C(OC)C(C)C. The number of nitrogens with zero attached hydrogens (tertiary/aromatic N) is 1. The number of hydrogen-bond acceptors (Lipinski definition) is 4. The number of rotatable bonds is 7. The largest absolute Gasteiger partial charge is 0.383 e. The molecule has 0 aliphatic rings. The Labute approximate surface area is 120 Å². The zero-order valence-corrected chi connectivity index (χ0v) is 12.9. The van der Waals surface area contributed by atoms with Gasteiger partial charge in [-0.25, -0.2) is 4.98 Å². The molecule has 0 spiro atoms. The number of anilines is 1. The number of hydrogen-bond donors (Lipinski definition) is 2. The van der Waals surface area contributed by atoms with Crippen LogP contribution in [0, 0.1) is 5.92 Å². The maximum absolute atomic E-state index is 6.04. The van der Waals surface area contributed by atoms with E-state index in [1.54, 1.807) is 13.3 Å². The summed E-state index contributed by atoms with van der Waals surface area (Å²) in [7, 11) is 1.72. The van der Waals surface area contributed by atoms with Crippen molar-refractivity contribution in [2.45, 2.75) is 39.3 Å². The molecule has 0 saturated carbocycles. The van der Waals surface area contributed by atoms with E-state index in [4.69, 9.17) is 22.1 Å². The minimum absolute atomic E-state index is 0.00356. The summed E-state index contributed by atoms with van der Waals surface area (Å²) in [4.78, 5) is 4.13. The maximum atomic E-state index is 6.04. The average molecular weight is 286 g/mol. The van der Waals surface area contributed by atoms with Gasteiger partial charge in [-0.3, -0.25) is 0 Å². The second kappa shape index (κ2) is 7.68. The van der Waals surface area contributed by atoms with Gasteiger partial charge in [0.25, 0.3) is 0 Å². The predicted octanol–water partition coefficient (Wildman–Crippen LogP) is 3.03. The van der Waals surface area contributed by atoms with Crippen LogP contribution in [-0.4, -0.2) is 24.7 Å². The number of aromatic nitrogens is 1. The van der Waals surface area contributed by atoms with E-state index in [0.717, 1.165) is 18.5 Å². The summed E-state index contributed by atoms with van der Waals surface area (Å²) in [6.45, 7) is 7.27. The quantitative estimate of drug-likeness (QED) is 0.808. The molecule has 3 N–H and O–H groups in total. The van der Waals surface area contributed by atoms with E-state index in [9.17, 15) is 0 Å². The molecule has 1 heterocycles. The summed E-state index contributed by atoms with van der Waals surface area (Å²) in [5, 5.41) is 4.07. The molecule has 0 amide bonds. The van der Waals surface area contributed by atoms with E-state index in [1.165, 1.54) is 0 Å². The molecule has 0 aromatic carbocycles. The van der Waals surface area contributed by atoms with Crippen LogP contribution in [0.3, 0.4) is 0 Å². The topological polar surface area (TPSA) is 60.2 Å². The lowest BCUT2D eigenvalue weighted by atomic mass is 9.93. The molecule has 1 aromatic heterocycles. The molecule has 2 atom stereocenters. The Bertz CT molecular complexity index is 398. The van der Waals surface area contributed by atoms with Gasteiger partial charge in [0.2, 0.25) is 0 Å². The van der Waals surface area contributed by atoms with Gasteiger partial charge in [0, 0.05) is 18.9 Å². The summed E-state index contributed by atoms with van der Waals surface area (Å²) in [6, 6.07) is 1.86. The van der Waals surface area contributed by atoms with E-state index in [-0.39, 0.29) is 12.1 Å². The highest BCUT2D eigenvalue weighted by molar-refractivity contribution is 6.30. The van der Waals surface area contributed by atoms with Crippen LogP contribution >= 0.6 is 11.6 Å². The highest BCUT2D eigenvalue weighted by Crippen LogP contribution is 2.29. The second-order valence-electron chi connectivity index (χ2n) is 5.00. The zero-order valence-electron chi connectivity index (χ0n) is 12.1. The first-order valence-electron chi connectivity index (χ1n) is 6.68. The van der Waals surface area contributed by atoms with E-state index in [1.807, 2.05) is 6.07 Å². The van der Waals surface area contributed by atoms with Crippen LogP contribution in [0.15, 0.2) is 12.3 Å². The van der Waals surface area contributed by atoms with Crippen LogP contribution in [-0.2, 0) is 4.74 Å². The van der Waals surface area contributed by atoms with Crippen molar-refractivity contribution in [2.75, 3.05) is 19.4 Å². The second-order valence-corrected chi connectivity index (χ2v) is 5.44. The fourth-order valence-corrected chi connectivity index (χ4v) is 2.38. The molecule has 0 radical (unpaired) electrons. The van der Waals surface area contributed by atoms with Crippen LogP contribution in [0.4, 0.5) is 5.82 Å². The summed E-state index contributed by atoms with van der Waals surface area (Å²) >= 11 is 6.04. The molecule has 4 nitrogen and oxygen atoms in total. The lowest BCUT2D eigenvalue weighted by Crippen LogP contribution is -2.37. The number of nitrogens with one attached hydrogen (secondary N) is 1. The first kappa shape index (κ1) is 16.2. The lowest BCUT2D eigenvalue weighted by Gasteiger charge is -2.30.